The topological polar surface area (TPSA) is 115 Å². The first-order chi connectivity index (χ1) is 18.0. The second-order valence-electron chi connectivity index (χ2n) is 13.7. The first-order valence-electron chi connectivity index (χ1n) is 14.8. The highest BCUT2D eigenvalue weighted by atomic mass is 16.7. The van der Waals surface area contributed by atoms with Gasteiger partial charge in [0.15, 0.2) is 6.29 Å². The number of aliphatic hydroxyl groups excluding tert-OH is 2. The Morgan fingerprint density at radius 1 is 1.08 bits per heavy atom. The molecule has 8 nitrogen and oxygen atoms in total. The number of ether oxygens (including phenoxy) is 4. The van der Waals surface area contributed by atoms with Crippen molar-refractivity contribution in [3.63, 3.8) is 0 Å². The Morgan fingerprint density at radius 3 is 2.58 bits per heavy atom. The Morgan fingerprint density at radius 2 is 1.87 bits per heavy atom. The van der Waals surface area contributed by atoms with Crippen molar-refractivity contribution in [3.05, 3.63) is 11.6 Å². The molecule has 6 rings (SSSR count). The van der Waals surface area contributed by atoms with E-state index in [-0.39, 0.29) is 53.7 Å². The molecule has 0 spiro atoms. The Balaban J connectivity index is 1.18. The molecule has 6 aliphatic rings. The molecule has 3 N–H and O–H groups in total. The van der Waals surface area contributed by atoms with Crippen LogP contribution in [0, 0.1) is 34.5 Å². The molecule has 0 aromatic heterocycles. The first-order valence-corrected chi connectivity index (χ1v) is 14.8. The predicted octanol–water partition coefficient (Wildman–Crippen LogP) is 3.11. The maximum atomic E-state index is 12.4. The average molecular weight is 535 g/mol. The highest BCUT2D eigenvalue weighted by molar-refractivity contribution is 5.85. The number of hydrogen-bond acceptors (Lipinski definition) is 8. The second kappa shape index (κ2) is 9.52. The van der Waals surface area contributed by atoms with Gasteiger partial charge in [0, 0.05) is 25.0 Å². The molecule has 38 heavy (non-hydrogen) atoms. The van der Waals surface area contributed by atoms with Gasteiger partial charge in [0.25, 0.3) is 0 Å². The molecule has 0 aromatic rings. The van der Waals surface area contributed by atoms with E-state index in [1.54, 1.807) is 13.2 Å². The summed E-state index contributed by atoms with van der Waals surface area (Å²) in [6, 6.07) is 0. The Hall–Kier alpha value is -1.03. The van der Waals surface area contributed by atoms with Crippen molar-refractivity contribution in [1.29, 1.82) is 0 Å². The molecule has 2 aliphatic heterocycles. The molecular weight excluding hydrogens is 488 g/mol. The third kappa shape index (κ3) is 3.96. The number of methoxy groups -OCH3 is 1. The van der Waals surface area contributed by atoms with E-state index in [0.29, 0.717) is 31.8 Å². The van der Waals surface area contributed by atoms with Crippen LogP contribution >= 0.6 is 0 Å². The zero-order valence-electron chi connectivity index (χ0n) is 23.3. The van der Waals surface area contributed by atoms with Gasteiger partial charge in [0.1, 0.15) is 12.7 Å². The molecule has 214 valence electrons. The van der Waals surface area contributed by atoms with Crippen LogP contribution in [0.5, 0.6) is 0 Å². The standard InChI is InChI=1S/C30H46O8/c1-16-27(33)23(35-4)13-25(37-16)38-19-7-9-28(2)18(12-19)5-6-21-26(28)22(31)14-29(3)20(8-10-30(21,29)34)17-11-24(32)36-15-17/h11,16,18-23,25-27,31,33-34H,5-10,12-15H2,1-4H3/t16?,18-,19+,20-,21?,22?,23?,25+,26?,27-,28+,29-,30+/m1/s1. The first kappa shape index (κ1) is 27.2. The van der Waals surface area contributed by atoms with Crippen molar-refractivity contribution in [2.75, 3.05) is 13.7 Å². The van der Waals surface area contributed by atoms with E-state index in [4.69, 9.17) is 18.9 Å². The summed E-state index contributed by atoms with van der Waals surface area (Å²) in [6.45, 7) is 6.65. The van der Waals surface area contributed by atoms with E-state index < -0.39 is 23.2 Å². The fourth-order valence-corrected chi connectivity index (χ4v) is 10.1. The molecule has 4 aliphatic carbocycles. The van der Waals surface area contributed by atoms with Gasteiger partial charge in [-0.2, -0.15) is 0 Å². The van der Waals surface area contributed by atoms with Gasteiger partial charge in [-0.05, 0) is 93.0 Å². The molecule has 0 amide bonds. The predicted molar refractivity (Wildman–Crippen MR) is 138 cm³/mol. The minimum Gasteiger partial charge on any atom is -0.458 e. The third-order valence-corrected chi connectivity index (χ3v) is 12.2. The molecule has 0 bridgehead atoms. The molecule has 5 fully saturated rings. The van der Waals surface area contributed by atoms with Crippen LogP contribution in [-0.2, 0) is 23.7 Å². The van der Waals surface area contributed by atoms with Crippen LogP contribution in [0.1, 0.15) is 78.6 Å². The number of hydrogen-bond donors (Lipinski definition) is 3. The van der Waals surface area contributed by atoms with Crippen LogP contribution in [0.3, 0.4) is 0 Å². The number of cyclic esters (lactones) is 1. The highest BCUT2D eigenvalue weighted by Crippen LogP contribution is 2.70. The van der Waals surface area contributed by atoms with Crippen molar-refractivity contribution in [1.82, 2.24) is 0 Å². The van der Waals surface area contributed by atoms with E-state index >= 15 is 0 Å². The summed E-state index contributed by atoms with van der Waals surface area (Å²) in [6.07, 6.45) is 6.83. The lowest BCUT2D eigenvalue weighted by atomic mass is 9.42. The van der Waals surface area contributed by atoms with Gasteiger partial charge in [-0.25, -0.2) is 4.79 Å². The molecular formula is C30H46O8. The average Bonchev–Trinajstić information content (AvgIpc) is 3.41. The Labute approximate surface area is 226 Å². The summed E-state index contributed by atoms with van der Waals surface area (Å²) in [5.41, 5.74) is -0.389. The van der Waals surface area contributed by atoms with Crippen LogP contribution in [0.2, 0.25) is 0 Å². The summed E-state index contributed by atoms with van der Waals surface area (Å²) >= 11 is 0. The summed E-state index contributed by atoms with van der Waals surface area (Å²) in [5.74, 6) is 0.285. The van der Waals surface area contributed by atoms with Gasteiger partial charge >= 0.3 is 5.97 Å². The zero-order valence-corrected chi connectivity index (χ0v) is 23.3. The number of carbonyl (C=O) groups is 1. The minimum atomic E-state index is -0.850. The smallest absolute Gasteiger partial charge is 0.331 e. The molecule has 4 saturated carbocycles. The summed E-state index contributed by atoms with van der Waals surface area (Å²) in [5, 5.41) is 34.5. The van der Waals surface area contributed by atoms with Crippen molar-refractivity contribution < 1.29 is 39.1 Å². The minimum absolute atomic E-state index is 0.0464. The third-order valence-electron chi connectivity index (χ3n) is 12.2. The van der Waals surface area contributed by atoms with Gasteiger partial charge in [-0.3, -0.25) is 0 Å². The molecule has 5 unspecified atom stereocenters. The molecule has 1 saturated heterocycles. The van der Waals surface area contributed by atoms with E-state index in [1.807, 2.05) is 6.92 Å². The fraction of sp³-hybridized carbons (Fsp3) is 0.900. The SMILES string of the molecule is COC1C[C@H](O[C@H]2CC[C@]3(C)C4C(O)C[C@]5(C)[C@@H](C6=CC(=O)OC6)CC[C@]5(O)C4CC[C@@H]3C2)OC(C)[C@H]1O. The van der Waals surface area contributed by atoms with Crippen molar-refractivity contribution >= 4 is 5.97 Å². The number of rotatable bonds is 4. The van der Waals surface area contributed by atoms with Crippen molar-refractivity contribution in [2.45, 2.75) is 121 Å². The number of esters is 1. The summed E-state index contributed by atoms with van der Waals surface area (Å²) < 4.78 is 23.1. The summed E-state index contributed by atoms with van der Waals surface area (Å²) in [4.78, 5) is 11.8. The number of aliphatic hydroxyl groups is 3. The van der Waals surface area contributed by atoms with Gasteiger partial charge in [0.05, 0.1) is 30.0 Å². The fourth-order valence-electron chi connectivity index (χ4n) is 10.1. The maximum absolute atomic E-state index is 12.4. The number of carbonyl (C=O) groups excluding carboxylic acids is 1. The van der Waals surface area contributed by atoms with E-state index in [0.717, 1.165) is 44.1 Å². The normalized spacial score (nSPS) is 54.5. The van der Waals surface area contributed by atoms with Crippen LogP contribution < -0.4 is 0 Å². The van der Waals surface area contributed by atoms with E-state index in [9.17, 15) is 20.1 Å². The van der Waals surface area contributed by atoms with Crippen molar-refractivity contribution in [3.8, 4) is 0 Å². The Bertz CT molecular complexity index is 968. The second-order valence-corrected chi connectivity index (χ2v) is 13.7. The van der Waals surface area contributed by atoms with Crippen LogP contribution in [0.15, 0.2) is 11.6 Å². The van der Waals surface area contributed by atoms with Gasteiger partial charge in [0.2, 0.25) is 0 Å². The molecule has 13 atom stereocenters. The lowest BCUT2D eigenvalue weighted by Gasteiger charge is -2.65. The van der Waals surface area contributed by atoms with E-state index in [2.05, 4.69) is 13.8 Å². The molecule has 8 heteroatoms. The van der Waals surface area contributed by atoms with Crippen LogP contribution in [0.25, 0.3) is 0 Å². The molecule has 0 aromatic carbocycles. The summed E-state index contributed by atoms with van der Waals surface area (Å²) in [7, 11) is 1.62. The molecule has 0 radical (unpaired) electrons. The van der Waals surface area contributed by atoms with Gasteiger partial charge < -0.3 is 34.3 Å². The maximum Gasteiger partial charge on any atom is 0.331 e. The Kier molecular flexibility index (Phi) is 6.80. The number of fused-ring (bicyclic) bond motifs is 5. The van der Waals surface area contributed by atoms with Crippen LogP contribution in [0.4, 0.5) is 0 Å². The van der Waals surface area contributed by atoms with E-state index in [1.165, 1.54) is 0 Å². The highest BCUT2D eigenvalue weighted by Gasteiger charge is 2.70. The van der Waals surface area contributed by atoms with Crippen molar-refractivity contribution in [2.24, 2.45) is 34.5 Å². The van der Waals surface area contributed by atoms with Crippen LogP contribution in [-0.4, -0.2) is 77.4 Å². The lowest BCUT2D eigenvalue weighted by Crippen LogP contribution is -2.66. The quantitative estimate of drug-likeness (QED) is 0.372. The largest absolute Gasteiger partial charge is 0.458 e. The zero-order chi connectivity index (χ0) is 27.0. The van der Waals surface area contributed by atoms with Gasteiger partial charge in [-0.1, -0.05) is 13.8 Å². The molecule has 2 heterocycles. The lowest BCUT2D eigenvalue weighted by molar-refractivity contribution is -0.278. The van der Waals surface area contributed by atoms with Gasteiger partial charge in [-0.15, -0.1) is 0 Å². The monoisotopic (exact) mass is 534 g/mol.